The van der Waals surface area contributed by atoms with E-state index in [4.69, 9.17) is 16.3 Å². The number of nitrogens with zero attached hydrogens (tertiary/aromatic N) is 1. The number of benzene rings is 3. The van der Waals surface area contributed by atoms with Crippen LogP contribution in [0.4, 0.5) is 17.1 Å². The van der Waals surface area contributed by atoms with Crippen LogP contribution in [0.1, 0.15) is 6.92 Å². The number of sulfonamides is 1. The second-order valence-electron chi connectivity index (χ2n) is 6.61. The number of para-hydroxylation sites is 1. The first-order valence-corrected chi connectivity index (χ1v) is 11.1. The number of halogens is 1. The molecule has 166 valence electrons. The summed E-state index contributed by atoms with van der Waals surface area (Å²) < 4.78 is 32.9. The molecule has 32 heavy (non-hydrogen) atoms. The Labute approximate surface area is 189 Å². The first-order valence-electron chi connectivity index (χ1n) is 9.25. The smallest absolute Gasteiger partial charge is 0.269 e. The maximum Gasteiger partial charge on any atom is 0.269 e. The molecule has 1 unspecified atom stereocenters. The Morgan fingerprint density at radius 1 is 1.00 bits per heavy atom. The van der Waals surface area contributed by atoms with Crippen LogP contribution in [-0.2, 0) is 14.8 Å². The third kappa shape index (κ3) is 5.74. The molecule has 1 atom stereocenters. The minimum Gasteiger partial charge on any atom is -0.479 e. The first-order chi connectivity index (χ1) is 15.2. The molecule has 0 heterocycles. The molecule has 0 aromatic heterocycles. The zero-order chi connectivity index (χ0) is 23.3. The molecular weight excluding hydrogens is 458 g/mol. The van der Waals surface area contributed by atoms with Crippen molar-refractivity contribution < 1.29 is 22.9 Å². The van der Waals surface area contributed by atoms with Gasteiger partial charge in [-0.1, -0.05) is 23.7 Å². The summed E-state index contributed by atoms with van der Waals surface area (Å²) in [4.78, 5) is 22.3. The molecule has 9 nitrogen and oxygen atoms in total. The Morgan fingerprint density at radius 2 is 1.59 bits per heavy atom. The average Bonchev–Trinajstić information content (AvgIpc) is 2.76. The first kappa shape index (κ1) is 23.0. The van der Waals surface area contributed by atoms with Gasteiger partial charge < -0.3 is 10.1 Å². The van der Waals surface area contributed by atoms with Gasteiger partial charge in [-0.05, 0) is 55.5 Å². The standard InChI is InChI=1S/C21H18ClN3O6S/c1-14(31-20-5-3-2-4-19(20)22)21(26)23-15-6-8-16(9-7-15)24-32(29,30)18-12-10-17(11-13-18)25(27)28/h2-14,24H,1H3,(H,23,26). The zero-order valence-corrected chi connectivity index (χ0v) is 18.3. The molecule has 0 saturated heterocycles. The Hall–Kier alpha value is -3.63. The number of amides is 1. The number of ether oxygens (including phenoxy) is 1. The minimum atomic E-state index is -3.94. The number of nitro groups is 1. The number of nitro benzene ring substituents is 1. The molecule has 0 aliphatic rings. The van der Waals surface area contributed by atoms with Crippen molar-refractivity contribution in [1.29, 1.82) is 0 Å². The van der Waals surface area contributed by atoms with Gasteiger partial charge in [0.25, 0.3) is 21.6 Å². The fourth-order valence-electron chi connectivity index (χ4n) is 2.61. The molecule has 0 fully saturated rings. The lowest BCUT2D eigenvalue weighted by atomic mass is 10.2. The van der Waals surface area contributed by atoms with Gasteiger partial charge in [-0.15, -0.1) is 0 Å². The molecule has 2 N–H and O–H groups in total. The van der Waals surface area contributed by atoms with Crippen LogP contribution >= 0.6 is 11.6 Å². The van der Waals surface area contributed by atoms with E-state index in [0.29, 0.717) is 16.5 Å². The van der Waals surface area contributed by atoms with Crippen molar-refractivity contribution in [1.82, 2.24) is 0 Å². The molecule has 3 aromatic carbocycles. The van der Waals surface area contributed by atoms with Crippen LogP contribution in [0.5, 0.6) is 5.75 Å². The van der Waals surface area contributed by atoms with Crippen molar-refractivity contribution in [2.24, 2.45) is 0 Å². The Morgan fingerprint density at radius 3 is 2.19 bits per heavy atom. The van der Waals surface area contributed by atoms with E-state index in [9.17, 15) is 23.3 Å². The summed E-state index contributed by atoms with van der Waals surface area (Å²) >= 11 is 6.03. The highest BCUT2D eigenvalue weighted by Crippen LogP contribution is 2.25. The summed E-state index contributed by atoms with van der Waals surface area (Å²) in [5, 5.41) is 13.8. The van der Waals surface area contributed by atoms with Gasteiger partial charge in [-0.3, -0.25) is 19.6 Å². The summed E-state index contributed by atoms with van der Waals surface area (Å²) in [6.45, 7) is 1.57. The largest absolute Gasteiger partial charge is 0.479 e. The van der Waals surface area contributed by atoms with Gasteiger partial charge in [-0.25, -0.2) is 8.42 Å². The summed E-state index contributed by atoms with van der Waals surface area (Å²) in [7, 11) is -3.94. The number of rotatable bonds is 8. The average molecular weight is 476 g/mol. The number of non-ortho nitro benzene ring substituents is 1. The quantitative estimate of drug-likeness (QED) is 0.366. The maximum absolute atomic E-state index is 12.5. The summed E-state index contributed by atoms with van der Waals surface area (Å²) in [5.41, 5.74) is 0.474. The topological polar surface area (TPSA) is 128 Å². The number of anilines is 2. The van der Waals surface area contributed by atoms with E-state index in [0.717, 1.165) is 24.3 Å². The third-order valence-corrected chi connectivity index (χ3v) is 5.98. The van der Waals surface area contributed by atoms with Gasteiger partial charge in [0.1, 0.15) is 5.75 Å². The molecule has 1 amide bonds. The summed E-state index contributed by atoms with van der Waals surface area (Å²) in [5.74, 6) is -0.0306. The Kier molecular flexibility index (Phi) is 6.96. The predicted molar refractivity (Wildman–Crippen MR) is 121 cm³/mol. The highest BCUT2D eigenvalue weighted by molar-refractivity contribution is 7.92. The lowest BCUT2D eigenvalue weighted by Crippen LogP contribution is -2.30. The molecule has 11 heteroatoms. The number of carbonyl (C=O) groups excluding carboxylic acids is 1. The molecule has 0 aliphatic heterocycles. The van der Waals surface area contributed by atoms with Crippen LogP contribution in [0, 0.1) is 10.1 Å². The molecule has 0 radical (unpaired) electrons. The van der Waals surface area contributed by atoms with Crippen LogP contribution in [-0.4, -0.2) is 25.4 Å². The van der Waals surface area contributed by atoms with Crippen LogP contribution in [0.2, 0.25) is 5.02 Å². The van der Waals surface area contributed by atoms with Crippen molar-refractivity contribution in [2.45, 2.75) is 17.9 Å². The number of hydrogen-bond acceptors (Lipinski definition) is 6. The van der Waals surface area contributed by atoms with E-state index in [1.165, 1.54) is 24.3 Å². The Bertz CT molecular complexity index is 1230. The van der Waals surface area contributed by atoms with E-state index in [1.807, 2.05) is 0 Å². The van der Waals surface area contributed by atoms with Crippen LogP contribution in [0.25, 0.3) is 0 Å². The second kappa shape index (κ2) is 9.67. The van der Waals surface area contributed by atoms with Gasteiger partial charge >= 0.3 is 0 Å². The Balaban J connectivity index is 1.62. The maximum atomic E-state index is 12.5. The molecule has 0 saturated carbocycles. The lowest BCUT2D eigenvalue weighted by Gasteiger charge is -2.16. The van der Waals surface area contributed by atoms with Gasteiger partial charge in [0.05, 0.1) is 14.8 Å². The molecule has 0 bridgehead atoms. The van der Waals surface area contributed by atoms with Crippen molar-refractivity contribution in [2.75, 3.05) is 10.0 Å². The predicted octanol–water partition coefficient (Wildman–Crippen LogP) is 4.46. The molecule has 3 rings (SSSR count). The van der Waals surface area contributed by atoms with Crippen LogP contribution in [0.3, 0.4) is 0 Å². The lowest BCUT2D eigenvalue weighted by molar-refractivity contribution is -0.384. The van der Waals surface area contributed by atoms with Crippen LogP contribution < -0.4 is 14.8 Å². The fraction of sp³-hybridized carbons (Fsp3) is 0.0952. The molecular formula is C21H18ClN3O6S. The van der Waals surface area contributed by atoms with Gasteiger partial charge in [0.2, 0.25) is 0 Å². The summed E-state index contributed by atoms with van der Waals surface area (Å²) in [6.07, 6.45) is -0.824. The van der Waals surface area contributed by atoms with Crippen molar-refractivity contribution in [3.05, 3.63) is 87.9 Å². The number of hydrogen-bond donors (Lipinski definition) is 2. The van der Waals surface area contributed by atoms with Crippen molar-refractivity contribution in [3.63, 3.8) is 0 Å². The normalized spacial score (nSPS) is 11.9. The van der Waals surface area contributed by atoms with Crippen molar-refractivity contribution >= 4 is 44.6 Å². The molecule has 0 aliphatic carbocycles. The van der Waals surface area contributed by atoms with E-state index in [-0.39, 0.29) is 16.3 Å². The number of carbonyl (C=O) groups is 1. The number of nitrogens with one attached hydrogen (secondary N) is 2. The van der Waals surface area contributed by atoms with Gasteiger partial charge in [0, 0.05) is 23.5 Å². The van der Waals surface area contributed by atoms with E-state index >= 15 is 0 Å². The van der Waals surface area contributed by atoms with E-state index < -0.39 is 27.0 Å². The van der Waals surface area contributed by atoms with E-state index in [1.54, 1.807) is 31.2 Å². The van der Waals surface area contributed by atoms with Gasteiger partial charge in [-0.2, -0.15) is 0 Å². The summed E-state index contributed by atoms with van der Waals surface area (Å²) in [6, 6.07) is 17.3. The fourth-order valence-corrected chi connectivity index (χ4v) is 3.85. The second-order valence-corrected chi connectivity index (χ2v) is 8.70. The van der Waals surface area contributed by atoms with Gasteiger partial charge in [0.15, 0.2) is 6.10 Å². The molecule has 3 aromatic rings. The minimum absolute atomic E-state index is 0.119. The zero-order valence-electron chi connectivity index (χ0n) is 16.7. The van der Waals surface area contributed by atoms with Crippen molar-refractivity contribution in [3.8, 4) is 5.75 Å². The third-order valence-electron chi connectivity index (χ3n) is 4.27. The highest BCUT2D eigenvalue weighted by Gasteiger charge is 2.18. The van der Waals surface area contributed by atoms with Crippen LogP contribution in [0.15, 0.2) is 77.7 Å². The highest BCUT2D eigenvalue weighted by atomic mass is 35.5. The van der Waals surface area contributed by atoms with E-state index in [2.05, 4.69) is 10.0 Å². The molecule has 0 spiro atoms. The monoisotopic (exact) mass is 475 g/mol. The SMILES string of the molecule is CC(Oc1ccccc1Cl)C(=O)Nc1ccc(NS(=O)(=O)c2ccc([N+](=O)[O-])cc2)cc1.